The Bertz CT molecular complexity index is 508. The van der Waals surface area contributed by atoms with E-state index in [0.717, 1.165) is 48.4 Å². The lowest BCUT2D eigenvalue weighted by Crippen LogP contribution is -2.22. The lowest BCUT2D eigenvalue weighted by molar-refractivity contribution is 0.0956. The Morgan fingerprint density at radius 2 is 2.05 bits per heavy atom. The van der Waals surface area contributed by atoms with Crippen LogP contribution >= 0.6 is 11.6 Å². The van der Waals surface area contributed by atoms with Gasteiger partial charge in [0, 0.05) is 12.1 Å². The minimum absolute atomic E-state index is 0.0342. The van der Waals surface area contributed by atoms with Crippen LogP contribution in [0.25, 0.3) is 0 Å². The molecule has 1 atom stereocenters. The first-order chi connectivity index (χ1) is 10.2. The van der Waals surface area contributed by atoms with Crippen molar-refractivity contribution in [2.75, 3.05) is 6.54 Å². The molecule has 0 bridgehead atoms. The number of amides is 1. The number of rotatable bonds is 4. The van der Waals surface area contributed by atoms with E-state index < -0.39 is 0 Å². The van der Waals surface area contributed by atoms with E-state index >= 15 is 0 Å². The number of alkyl halides is 1. The standard InChI is InChI=1S/C18H24ClNO/c19-17(10-7-13-4-1-2-5-13)15-9-8-14-6-3-11-20-18(21)16(14)12-15/h8-9,12-13,17H,1-7,10-11H2,(H,20,21). The summed E-state index contributed by atoms with van der Waals surface area (Å²) < 4.78 is 0. The number of benzene rings is 1. The van der Waals surface area contributed by atoms with Crippen molar-refractivity contribution in [3.63, 3.8) is 0 Å². The number of carbonyl (C=O) groups is 1. The van der Waals surface area contributed by atoms with E-state index in [4.69, 9.17) is 11.6 Å². The molecule has 114 valence electrons. The van der Waals surface area contributed by atoms with Gasteiger partial charge in [-0.25, -0.2) is 0 Å². The molecule has 0 saturated heterocycles. The second-order valence-corrected chi connectivity index (χ2v) is 7.00. The van der Waals surface area contributed by atoms with Crippen LogP contribution in [0.1, 0.15) is 71.8 Å². The highest BCUT2D eigenvalue weighted by molar-refractivity contribution is 6.20. The van der Waals surface area contributed by atoms with Crippen molar-refractivity contribution in [3.05, 3.63) is 34.9 Å². The van der Waals surface area contributed by atoms with Crippen molar-refractivity contribution in [1.29, 1.82) is 0 Å². The van der Waals surface area contributed by atoms with Crippen LogP contribution in [0.15, 0.2) is 18.2 Å². The molecule has 21 heavy (non-hydrogen) atoms. The lowest BCUT2D eigenvalue weighted by atomic mass is 9.95. The number of fused-ring (bicyclic) bond motifs is 1. The molecule has 1 aromatic carbocycles. The van der Waals surface area contributed by atoms with Crippen molar-refractivity contribution in [2.45, 2.75) is 56.7 Å². The molecule has 2 aliphatic rings. The molecule has 1 amide bonds. The zero-order chi connectivity index (χ0) is 14.7. The molecule has 1 saturated carbocycles. The van der Waals surface area contributed by atoms with Crippen LogP contribution < -0.4 is 5.32 Å². The summed E-state index contributed by atoms with van der Waals surface area (Å²) in [4.78, 5) is 12.1. The van der Waals surface area contributed by atoms with Crippen LogP contribution in [0.5, 0.6) is 0 Å². The summed E-state index contributed by atoms with van der Waals surface area (Å²) in [7, 11) is 0. The topological polar surface area (TPSA) is 29.1 Å². The van der Waals surface area contributed by atoms with Crippen molar-refractivity contribution in [1.82, 2.24) is 5.32 Å². The van der Waals surface area contributed by atoms with Gasteiger partial charge in [0.15, 0.2) is 0 Å². The number of hydrogen-bond donors (Lipinski definition) is 1. The second-order valence-electron chi connectivity index (χ2n) is 6.47. The van der Waals surface area contributed by atoms with Crippen molar-refractivity contribution in [2.24, 2.45) is 5.92 Å². The Hall–Kier alpha value is -1.02. The molecule has 2 nitrogen and oxygen atoms in total. The Labute approximate surface area is 132 Å². The minimum atomic E-state index is 0.0342. The third-order valence-corrected chi connectivity index (χ3v) is 5.42. The van der Waals surface area contributed by atoms with Gasteiger partial charge in [-0.1, -0.05) is 37.8 Å². The molecule has 1 aliphatic carbocycles. The van der Waals surface area contributed by atoms with Gasteiger partial charge >= 0.3 is 0 Å². The first kappa shape index (κ1) is 14.9. The number of aryl methyl sites for hydroxylation is 1. The summed E-state index contributed by atoms with van der Waals surface area (Å²) in [6.07, 6.45) is 9.75. The van der Waals surface area contributed by atoms with Crippen LogP contribution in [-0.2, 0) is 6.42 Å². The second kappa shape index (κ2) is 6.83. The molecule has 1 N–H and O–H groups in total. The van der Waals surface area contributed by atoms with Gasteiger partial charge in [-0.2, -0.15) is 0 Å². The molecule has 1 aromatic rings. The zero-order valence-electron chi connectivity index (χ0n) is 12.5. The van der Waals surface area contributed by atoms with Crippen LogP contribution in [0.2, 0.25) is 0 Å². The van der Waals surface area contributed by atoms with Gasteiger partial charge in [0.25, 0.3) is 5.91 Å². The average molecular weight is 306 g/mol. The monoisotopic (exact) mass is 305 g/mol. The molecular formula is C18H24ClNO. The van der Waals surface area contributed by atoms with Gasteiger partial charge in [0.05, 0.1) is 5.38 Å². The fourth-order valence-electron chi connectivity index (χ4n) is 3.64. The third-order valence-electron chi connectivity index (χ3n) is 4.95. The van der Waals surface area contributed by atoms with E-state index in [1.54, 1.807) is 0 Å². The van der Waals surface area contributed by atoms with E-state index in [0.29, 0.717) is 0 Å². The molecule has 0 spiro atoms. The fourth-order valence-corrected chi connectivity index (χ4v) is 3.90. The van der Waals surface area contributed by atoms with Gasteiger partial charge in [-0.15, -0.1) is 11.6 Å². The van der Waals surface area contributed by atoms with E-state index in [9.17, 15) is 4.79 Å². The molecule has 3 rings (SSSR count). The Morgan fingerprint density at radius 1 is 1.24 bits per heavy atom. The molecule has 1 aliphatic heterocycles. The Morgan fingerprint density at radius 3 is 2.86 bits per heavy atom. The van der Waals surface area contributed by atoms with Crippen molar-refractivity contribution >= 4 is 17.5 Å². The van der Waals surface area contributed by atoms with E-state index in [1.165, 1.54) is 32.1 Å². The maximum absolute atomic E-state index is 12.1. The molecule has 1 unspecified atom stereocenters. The smallest absolute Gasteiger partial charge is 0.251 e. The van der Waals surface area contributed by atoms with Gasteiger partial charge in [0.1, 0.15) is 0 Å². The molecule has 1 fully saturated rings. The third kappa shape index (κ3) is 3.60. The highest BCUT2D eigenvalue weighted by atomic mass is 35.5. The quantitative estimate of drug-likeness (QED) is 0.808. The van der Waals surface area contributed by atoms with Gasteiger partial charge in [-0.05, 0) is 48.8 Å². The maximum Gasteiger partial charge on any atom is 0.251 e. The SMILES string of the molecule is O=C1NCCCc2ccc(C(Cl)CCC3CCCC3)cc21. The first-order valence-electron chi connectivity index (χ1n) is 8.29. The highest BCUT2D eigenvalue weighted by Crippen LogP contribution is 2.34. The molecule has 3 heteroatoms. The number of nitrogens with one attached hydrogen (secondary N) is 1. The predicted octanol–water partition coefficient (Wildman–Crippen LogP) is 4.61. The summed E-state index contributed by atoms with van der Waals surface area (Å²) in [6.45, 7) is 0.773. The average Bonchev–Trinajstić information content (AvgIpc) is 2.95. The number of carbonyl (C=O) groups excluding carboxylic acids is 1. The Balaban J connectivity index is 1.68. The van der Waals surface area contributed by atoms with Crippen LogP contribution in [-0.4, -0.2) is 12.5 Å². The first-order valence-corrected chi connectivity index (χ1v) is 8.73. The zero-order valence-corrected chi connectivity index (χ0v) is 13.3. The number of halogens is 1. The summed E-state index contributed by atoms with van der Waals surface area (Å²) in [5.74, 6) is 0.930. The summed E-state index contributed by atoms with van der Waals surface area (Å²) >= 11 is 6.58. The van der Waals surface area contributed by atoms with Crippen LogP contribution in [0, 0.1) is 5.92 Å². The van der Waals surface area contributed by atoms with Crippen molar-refractivity contribution in [3.8, 4) is 0 Å². The summed E-state index contributed by atoms with van der Waals surface area (Å²) in [5.41, 5.74) is 3.09. The van der Waals surface area contributed by atoms with Crippen LogP contribution in [0.3, 0.4) is 0 Å². The lowest BCUT2D eigenvalue weighted by Gasteiger charge is -2.15. The number of hydrogen-bond acceptors (Lipinski definition) is 1. The van der Waals surface area contributed by atoms with Crippen LogP contribution in [0.4, 0.5) is 0 Å². The molecule has 0 aromatic heterocycles. The minimum Gasteiger partial charge on any atom is -0.352 e. The van der Waals surface area contributed by atoms with Gasteiger partial charge in [0.2, 0.25) is 0 Å². The predicted molar refractivity (Wildman–Crippen MR) is 86.9 cm³/mol. The fraction of sp³-hybridized carbons (Fsp3) is 0.611. The molecule has 1 heterocycles. The molecule has 0 radical (unpaired) electrons. The van der Waals surface area contributed by atoms with Gasteiger partial charge < -0.3 is 5.32 Å². The van der Waals surface area contributed by atoms with E-state index in [2.05, 4.69) is 17.4 Å². The van der Waals surface area contributed by atoms with Crippen molar-refractivity contribution < 1.29 is 4.79 Å². The molecular weight excluding hydrogens is 282 g/mol. The Kier molecular flexibility index (Phi) is 4.84. The maximum atomic E-state index is 12.1. The van der Waals surface area contributed by atoms with E-state index in [-0.39, 0.29) is 11.3 Å². The largest absolute Gasteiger partial charge is 0.352 e. The van der Waals surface area contributed by atoms with Gasteiger partial charge in [-0.3, -0.25) is 4.79 Å². The summed E-state index contributed by atoms with van der Waals surface area (Å²) in [5, 5.41) is 3.00. The highest BCUT2D eigenvalue weighted by Gasteiger charge is 2.20. The normalized spacial score (nSPS) is 20.7. The summed E-state index contributed by atoms with van der Waals surface area (Å²) in [6, 6.07) is 6.23. The van der Waals surface area contributed by atoms with E-state index in [1.807, 2.05) is 6.07 Å².